The summed E-state index contributed by atoms with van der Waals surface area (Å²) in [5, 5.41) is 2.63. The van der Waals surface area contributed by atoms with Crippen molar-refractivity contribution in [1.82, 2.24) is 4.72 Å². The largest absolute Gasteiger partial charge is 0.573 e. The van der Waals surface area contributed by atoms with Crippen LogP contribution in [0, 0.1) is 6.92 Å². The topological polar surface area (TPSA) is 84.5 Å². The number of carbonyl (C=O) groups is 1. The predicted molar refractivity (Wildman–Crippen MR) is 92.7 cm³/mol. The van der Waals surface area contributed by atoms with E-state index in [1.807, 2.05) is 19.1 Å². The van der Waals surface area contributed by atoms with E-state index in [2.05, 4.69) is 14.8 Å². The summed E-state index contributed by atoms with van der Waals surface area (Å²) < 4.78 is 66.4. The Bertz CT molecular complexity index is 880. The van der Waals surface area contributed by atoms with Gasteiger partial charge >= 0.3 is 6.36 Å². The van der Waals surface area contributed by atoms with Gasteiger partial charge in [0.2, 0.25) is 15.9 Å². The summed E-state index contributed by atoms with van der Waals surface area (Å²) >= 11 is 0. The van der Waals surface area contributed by atoms with Gasteiger partial charge in [0.05, 0.1) is 4.90 Å². The zero-order chi connectivity index (χ0) is 20.1. The lowest BCUT2D eigenvalue weighted by Gasteiger charge is -2.10. The monoisotopic (exact) mass is 402 g/mol. The molecule has 0 spiro atoms. The van der Waals surface area contributed by atoms with Gasteiger partial charge in [0.15, 0.2) is 0 Å². The molecule has 0 unspecified atom stereocenters. The van der Waals surface area contributed by atoms with Crippen molar-refractivity contribution < 1.29 is 31.1 Å². The number of hydrogen-bond acceptors (Lipinski definition) is 4. The van der Waals surface area contributed by atoms with Crippen LogP contribution in [0.2, 0.25) is 0 Å². The Morgan fingerprint density at radius 3 is 2.19 bits per heavy atom. The number of ether oxygens (including phenoxy) is 1. The number of aryl methyl sites for hydroxylation is 1. The maximum Gasteiger partial charge on any atom is 0.573 e. The average Bonchev–Trinajstić information content (AvgIpc) is 2.56. The van der Waals surface area contributed by atoms with Gasteiger partial charge < -0.3 is 10.1 Å². The molecule has 0 aromatic heterocycles. The molecule has 0 aliphatic rings. The summed E-state index contributed by atoms with van der Waals surface area (Å²) in [6, 6.07) is 10.8. The van der Waals surface area contributed by atoms with Crippen LogP contribution in [0.5, 0.6) is 5.75 Å². The molecule has 0 radical (unpaired) electrons. The molecule has 2 N–H and O–H groups in total. The van der Waals surface area contributed by atoms with Gasteiger partial charge in [-0.2, -0.15) is 0 Å². The second-order valence-electron chi connectivity index (χ2n) is 5.58. The Morgan fingerprint density at radius 2 is 1.63 bits per heavy atom. The lowest BCUT2D eigenvalue weighted by molar-refractivity contribution is -0.274. The van der Waals surface area contributed by atoms with Crippen LogP contribution in [-0.2, 0) is 14.8 Å². The Kier molecular flexibility index (Phi) is 6.45. The van der Waals surface area contributed by atoms with Crippen LogP contribution in [0.25, 0.3) is 0 Å². The number of halogens is 3. The molecule has 0 saturated carbocycles. The van der Waals surface area contributed by atoms with E-state index in [1.165, 1.54) is 0 Å². The first-order valence-electron chi connectivity index (χ1n) is 7.77. The SMILES string of the molecule is Cc1ccc(NC(=O)CCNS(=O)(=O)c2ccc(OC(F)(F)F)cc2)cc1. The Morgan fingerprint density at radius 1 is 1.04 bits per heavy atom. The first-order valence-corrected chi connectivity index (χ1v) is 9.25. The van der Waals surface area contributed by atoms with Crippen LogP contribution in [-0.4, -0.2) is 27.2 Å². The Balaban J connectivity index is 1.87. The van der Waals surface area contributed by atoms with Crippen molar-refractivity contribution in [1.29, 1.82) is 0 Å². The highest BCUT2D eigenvalue weighted by molar-refractivity contribution is 7.89. The molecule has 0 saturated heterocycles. The smallest absolute Gasteiger partial charge is 0.406 e. The van der Waals surface area contributed by atoms with Crippen molar-refractivity contribution in [2.45, 2.75) is 24.6 Å². The van der Waals surface area contributed by atoms with E-state index >= 15 is 0 Å². The third kappa shape index (κ3) is 6.91. The molecule has 2 rings (SSSR count). The van der Waals surface area contributed by atoms with Gasteiger partial charge in [-0.3, -0.25) is 4.79 Å². The van der Waals surface area contributed by atoms with Crippen LogP contribution in [0.3, 0.4) is 0 Å². The first-order chi connectivity index (χ1) is 12.5. The molecule has 146 valence electrons. The van der Waals surface area contributed by atoms with E-state index in [-0.39, 0.29) is 23.8 Å². The summed E-state index contributed by atoms with van der Waals surface area (Å²) in [5.41, 5.74) is 1.63. The lowest BCUT2D eigenvalue weighted by Crippen LogP contribution is -2.27. The summed E-state index contributed by atoms with van der Waals surface area (Å²) in [6.45, 7) is 1.74. The highest BCUT2D eigenvalue weighted by Gasteiger charge is 2.31. The summed E-state index contributed by atoms with van der Waals surface area (Å²) in [7, 11) is -3.96. The number of amides is 1. The second kappa shape index (κ2) is 8.40. The molecule has 2 aromatic carbocycles. The average molecular weight is 402 g/mol. The molecular weight excluding hydrogens is 385 g/mol. The molecule has 0 fully saturated rings. The van der Waals surface area contributed by atoms with Gasteiger partial charge in [0.1, 0.15) is 5.75 Å². The van der Waals surface area contributed by atoms with Crippen LogP contribution in [0.1, 0.15) is 12.0 Å². The number of benzene rings is 2. The highest BCUT2D eigenvalue weighted by atomic mass is 32.2. The molecule has 0 bridgehead atoms. The Labute approximate surface area is 154 Å². The molecule has 0 aliphatic heterocycles. The fraction of sp³-hybridized carbons (Fsp3) is 0.235. The molecule has 0 aliphatic carbocycles. The van der Waals surface area contributed by atoms with Crippen LogP contribution < -0.4 is 14.8 Å². The van der Waals surface area contributed by atoms with Gasteiger partial charge in [-0.25, -0.2) is 13.1 Å². The molecule has 2 aromatic rings. The molecule has 1 amide bonds. The lowest BCUT2D eigenvalue weighted by atomic mass is 10.2. The van der Waals surface area contributed by atoms with Crippen molar-refractivity contribution in [3.63, 3.8) is 0 Å². The number of alkyl halides is 3. The van der Waals surface area contributed by atoms with Crippen molar-refractivity contribution in [2.24, 2.45) is 0 Å². The van der Waals surface area contributed by atoms with Gasteiger partial charge in [0.25, 0.3) is 0 Å². The minimum Gasteiger partial charge on any atom is -0.406 e. The quantitative estimate of drug-likeness (QED) is 0.745. The maximum atomic E-state index is 12.1. The number of rotatable bonds is 7. The molecule has 10 heteroatoms. The predicted octanol–water partition coefficient (Wildman–Crippen LogP) is 3.20. The highest BCUT2D eigenvalue weighted by Crippen LogP contribution is 2.23. The number of anilines is 1. The summed E-state index contributed by atoms with van der Waals surface area (Å²) in [5.74, 6) is -0.908. The Hall–Kier alpha value is -2.59. The zero-order valence-corrected chi connectivity index (χ0v) is 15.0. The van der Waals surface area contributed by atoms with E-state index in [9.17, 15) is 26.4 Å². The first kappa shape index (κ1) is 20.7. The van der Waals surface area contributed by atoms with Gasteiger partial charge in [-0.15, -0.1) is 13.2 Å². The van der Waals surface area contributed by atoms with E-state index in [0.29, 0.717) is 5.69 Å². The molecule has 6 nitrogen and oxygen atoms in total. The van der Waals surface area contributed by atoms with Crippen molar-refractivity contribution in [3.05, 3.63) is 54.1 Å². The molecule has 0 heterocycles. The summed E-state index contributed by atoms with van der Waals surface area (Å²) in [6.07, 6.45) is -4.97. The second-order valence-corrected chi connectivity index (χ2v) is 7.35. The van der Waals surface area contributed by atoms with E-state index in [1.54, 1.807) is 12.1 Å². The van der Waals surface area contributed by atoms with E-state index in [0.717, 1.165) is 29.8 Å². The van der Waals surface area contributed by atoms with E-state index < -0.39 is 22.1 Å². The third-order valence-electron chi connectivity index (χ3n) is 3.35. The zero-order valence-electron chi connectivity index (χ0n) is 14.2. The van der Waals surface area contributed by atoms with Crippen LogP contribution >= 0.6 is 0 Å². The van der Waals surface area contributed by atoms with Crippen LogP contribution in [0.4, 0.5) is 18.9 Å². The van der Waals surface area contributed by atoms with Gasteiger partial charge in [-0.05, 0) is 43.3 Å². The van der Waals surface area contributed by atoms with Crippen molar-refractivity contribution in [2.75, 3.05) is 11.9 Å². The maximum absolute atomic E-state index is 12.1. The van der Waals surface area contributed by atoms with Crippen molar-refractivity contribution >= 4 is 21.6 Å². The van der Waals surface area contributed by atoms with Gasteiger partial charge in [-0.1, -0.05) is 17.7 Å². The minimum atomic E-state index is -4.86. The number of hydrogen-bond donors (Lipinski definition) is 2. The molecular formula is C17H17F3N2O4S. The fourth-order valence-corrected chi connectivity index (χ4v) is 3.09. The van der Waals surface area contributed by atoms with E-state index in [4.69, 9.17) is 0 Å². The van der Waals surface area contributed by atoms with Crippen LogP contribution in [0.15, 0.2) is 53.4 Å². The number of nitrogens with one attached hydrogen (secondary N) is 2. The fourth-order valence-electron chi connectivity index (χ4n) is 2.06. The molecule has 27 heavy (non-hydrogen) atoms. The third-order valence-corrected chi connectivity index (χ3v) is 4.82. The normalized spacial score (nSPS) is 11.9. The number of sulfonamides is 1. The molecule has 0 atom stereocenters. The van der Waals surface area contributed by atoms with Crippen molar-refractivity contribution in [3.8, 4) is 5.75 Å². The van der Waals surface area contributed by atoms with Gasteiger partial charge in [0, 0.05) is 18.7 Å². The minimum absolute atomic E-state index is 0.109. The number of carbonyl (C=O) groups excluding carboxylic acids is 1. The standard InChI is InChI=1S/C17H17F3N2O4S/c1-12-2-4-13(5-3-12)22-16(23)10-11-21-27(24,25)15-8-6-14(7-9-15)26-17(18,19)20/h2-9,21H,10-11H2,1H3,(H,22,23). The summed E-state index contributed by atoms with van der Waals surface area (Å²) in [4.78, 5) is 11.6.